The van der Waals surface area contributed by atoms with Gasteiger partial charge in [0.25, 0.3) is 0 Å². The van der Waals surface area contributed by atoms with Gasteiger partial charge in [0.1, 0.15) is 12.2 Å². The highest BCUT2D eigenvalue weighted by Gasteiger charge is 2.24. The Labute approximate surface area is 103 Å². The first kappa shape index (κ1) is 13.9. The number of hydrogen-bond acceptors (Lipinski definition) is 6. The Morgan fingerprint density at radius 2 is 2.44 bits per heavy atom. The molecule has 1 aromatic rings. The topological polar surface area (TPSA) is 120 Å². The quantitative estimate of drug-likeness (QED) is 0.522. The first-order valence-electron chi connectivity index (χ1n) is 5.17. The van der Waals surface area contributed by atoms with Gasteiger partial charge in [0, 0.05) is 6.54 Å². The molecular weight excluding hydrogens is 244 g/mol. The third-order valence-electron chi connectivity index (χ3n) is 2.26. The summed E-state index contributed by atoms with van der Waals surface area (Å²) >= 11 is 0. The molecule has 0 spiro atoms. The van der Waals surface area contributed by atoms with Crippen LogP contribution in [0.2, 0.25) is 0 Å². The lowest BCUT2D eigenvalue weighted by atomic mass is 10.3. The molecule has 0 aromatic carbocycles. The van der Waals surface area contributed by atoms with Crippen LogP contribution in [0.3, 0.4) is 0 Å². The van der Waals surface area contributed by atoms with Crippen molar-refractivity contribution < 1.29 is 19.6 Å². The predicted octanol–water partition coefficient (Wildman–Crippen LogP) is -0.531. The molecule has 0 aliphatic rings. The minimum atomic E-state index is -0.737. The summed E-state index contributed by atoms with van der Waals surface area (Å²) in [6, 6.07) is -0.737. The van der Waals surface area contributed by atoms with Gasteiger partial charge in [-0.15, -0.1) is 5.10 Å². The largest absolute Gasteiger partial charge is 0.475 e. The molecule has 9 nitrogen and oxygen atoms in total. The maximum Gasteiger partial charge on any atom is 0.350 e. The van der Waals surface area contributed by atoms with Gasteiger partial charge in [-0.05, 0) is 6.92 Å². The molecule has 1 unspecified atom stereocenters. The molecule has 1 amide bonds. The minimum Gasteiger partial charge on any atom is -0.475 e. The van der Waals surface area contributed by atoms with Gasteiger partial charge >= 0.3 is 11.6 Å². The summed E-state index contributed by atoms with van der Waals surface area (Å²) in [5, 5.41) is 25.5. The van der Waals surface area contributed by atoms with Crippen molar-refractivity contribution in [2.75, 3.05) is 20.3 Å². The molecule has 1 atom stereocenters. The first-order valence-corrected chi connectivity index (χ1v) is 5.17. The van der Waals surface area contributed by atoms with E-state index in [2.05, 4.69) is 10.4 Å². The highest BCUT2D eigenvalue weighted by molar-refractivity contribution is 5.79. The lowest BCUT2D eigenvalue weighted by Gasteiger charge is -2.11. The SMILES string of the molecule is COc1nn(C(C)C(=O)NCCO)cc1[N+](=O)[O-]. The van der Waals surface area contributed by atoms with Crippen molar-refractivity contribution >= 4 is 11.6 Å². The zero-order valence-corrected chi connectivity index (χ0v) is 9.99. The molecule has 2 N–H and O–H groups in total. The van der Waals surface area contributed by atoms with Gasteiger partial charge < -0.3 is 15.2 Å². The number of nitrogens with zero attached hydrogens (tertiary/aromatic N) is 3. The van der Waals surface area contributed by atoms with Gasteiger partial charge in [-0.1, -0.05) is 0 Å². The monoisotopic (exact) mass is 258 g/mol. The number of aliphatic hydroxyl groups excluding tert-OH is 1. The molecule has 1 heterocycles. The molecule has 0 saturated carbocycles. The second-order valence-corrected chi connectivity index (χ2v) is 3.45. The van der Waals surface area contributed by atoms with Crippen LogP contribution in [-0.4, -0.2) is 46.0 Å². The summed E-state index contributed by atoms with van der Waals surface area (Å²) in [4.78, 5) is 21.6. The first-order chi connectivity index (χ1) is 8.51. The van der Waals surface area contributed by atoms with Crippen molar-refractivity contribution in [1.82, 2.24) is 15.1 Å². The molecule has 0 fully saturated rings. The van der Waals surface area contributed by atoms with Crippen molar-refractivity contribution in [3.63, 3.8) is 0 Å². The number of aromatic nitrogens is 2. The number of nitrogens with one attached hydrogen (secondary N) is 1. The molecule has 18 heavy (non-hydrogen) atoms. The van der Waals surface area contributed by atoms with E-state index in [4.69, 9.17) is 9.84 Å². The fourth-order valence-electron chi connectivity index (χ4n) is 1.28. The van der Waals surface area contributed by atoms with Gasteiger partial charge in [-0.3, -0.25) is 14.9 Å². The maximum atomic E-state index is 11.6. The van der Waals surface area contributed by atoms with Crippen molar-refractivity contribution in [1.29, 1.82) is 0 Å². The van der Waals surface area contributed by atoms with Gasteiger partial charge in [0.15, 0.2) is 0 Å². The van der Waals surface area contributed by atoms with Crippen LogP contribution in [0.1, 0.15) is 13.0 Å². The Balaban J connectivity index is 2.89. The zero-order valence-electron chi connectivity index (χ0n) is 9.99. The third-order valence-corrected chi connectivity index (χ3v) is 2.26. The van der Waals surface area contributed by atoms with Gasteiger partial charge in [0.05, 0.1) is 18.6 Å². The minimum absolute atomic E-state index is 0.115. The molecule has 1 rings (SSSR count). The number of rotatable bonds is 6. The molecular formula is C9H14N4O5. The maximum absolute atomic E-state index is 11.6. The number of carbonyl (C=O) groups is 1. The van der Waals surface area contributed by atoms with Crippen LogP contribution in [0.15, 0.2) is 6.20 Å². The number of ether oxygens (including phenoxy) is 1. The highest BCUT2D eigenvalue weighted by atomic mass is 16.6. The van der Waals surface area contributed by atoms with Crippen molar-refractivity contribution in [2.45, 2.75) is 13.0 Å². The Morgan fingerprint density at radius 1 is 1.78 bits per heavy atom. The van der Waals surface area contributed by atoms with E-state index in [1.165, 1.54) is 14.0 Å². The van der Waals surface area contributed by atoms with E-state index in [0.29, 0.717) is 0 Å². The average Bonchev–Trinajstić information content (AvgIpc) is 2.79. The number of methoxy groups -OCH3 is 1. The molecule has 100 valence electrons. The van der Waals surface area contributed by atoms with Gasteiger partial charge in [0.2, 0.25) is 5.91 Å². The summed E-state index contributed by atoms with van der Waals surface area (Å²) in [5.74, 6) is -0.550. The second kappa shape index (κ2) is 5.96. The molecule has 0 bridgehead atoms. The molecule has 9 heteroatoms. The predicted molar refractivity (Wildman–Crippen MR) is 60.2 cm³/mol. The van der Waals surface area contributed by atoms with Crippen LogP contribution in [0, 0.1) is 10.1 Å². The van der Waals surface area contributed by atoms with E-state index < -0.39 is 16.9 Å². The summed E-state index contributed by atoms with van der Waals surface area (Å²) < 4.78 is 5.90. The number of carbonyl (C=O) groups excluding carboxylic acids is 1. The van der Waals surface area contributed by atoms with Gasteiger partial charge in [-0.25, -0.2) is 4.68 Å². The van der Waals surface area contributed by atoms with Crippen LogP contribution < -0.4 is 10.1 Å². The summed E-state index contributed by atoms with van der Waals surface area (Å²) in [5.41, 5.74) is -0.306. The van der Waals surface area contributed by atoms with Crippen LogP contribution in [0.4, 0.5) is 5.69 Å². The van der Waals surface area contributed by atoms with E-state index >= 15 is 0 Å². The Morgan fingerprint density at radius 3 is 2.89 bits per heavy atom. The zero-order chi connectivity index (χ0) is 13.7. The summed E-state index contributed by atoms with van der Waals surface area (Å²) in [7, 11) is 1.26. The lowest BCUT2D eigenvalue weighted by molar-refractivity contribution is -0.385. The fraction of sp³-hybridized carbons (Fsp3) is 0.556. The average molecular weight is 258 g/mol. The molecule has 0 saturated heterocycles. The third kappa shape index (κ3) is 2.94. The molecule has 0 radical (unpaired) electrons. The van der Waals surface area contributed by atoms with E-state index in [-0.39, 0.29) is 24.7 Å². The highest BCUT2D eigenvalue weighted by Crippen LogP contribution is 2.25. The fourth-order valence-corrected chi connectivity index (χ4v) is 1.28. The van der Waals surface area contributed by atoms with E-state index in [0.717, 1.165) is 10.9 Å². The van der Waals surface area contributed by atoms with E-state index in [1.54, 1.807) is 0 Å². The van der Waals surface area contributed by atoms with Crippen molar-refractivity contribution in [2.24, 2.45) is 0 Å². The number of aliphatic hydroxyl groups is 1. The number of hydrogen-bond donors (Lipinski definition) is 2. The van der Waals surface area contributed by atoms with Crippen molar-refractivity contribution in [3.05, 3.63) is 16.3 Å². The standard InChI is InChI=1S/C9H14N4O5/c1-6(8(15)10-3-4-14)12-5-7(13(16)17)9(11-12)18-2/h5-6,14H,3-4H2,1-2H3,(H,10,15). The van der Waals surface area contributed by atoms with Crippen LogP contribution in [0.25, 0.3) is 0 Å². The smallest absolute Gasteiger partial charge is 0.350 e. The van der Waals surface area contributed by atoms with Gasteiger partial charge in [-0.2, -0.15) is 0 Å². The summed E-state index contributed by atoms with van der Waals surface area (Å²) in [6.07, 6.45) is 1.13. The number of nitro groups is 1. The van der Waals surface area contributed by atoms with Crippen LogP contribution in [-0.2, 0) is 4.79 Å². The Hall–Kier alpha value is -2.16. The van der Waals surface area contributed by atoms with Crippen LogP contribution >= 0.6 is 0 Å². The van der Waals surface area contributed by atoms with E-state index in [1.807, 2.05) is 0 Å². The lowest BCUT2D eigenvalue weighted by Crippen LogP contribution is -2.33. The van der Waals surface area contributed by atoms with Crippen LogP contribution in [0.5, 0.6) is 5.88 Å². The Bertz CT molecular complexity index is 444. The van der Waals surface area contributed by atoms with E-state index in [9.17, 15) is 14.9 Å². The number of amides is 1. The molecule has 0 aliphatic carbocycles. The normalized spacial score (nSPS) is 11.9. The molecule has 1 aromatic heterocycles. The van der Waals surface area contributed by atoms with Crippen molar-refractivity contribution in [3.8, 4) is 5.88 Å². The second-order valence-electron chi connectivity index (χ2n) is 3.45. The molecule has 0 aliphatic heterocycles. The summed E-state index contributed by atoms with van der Waals surface area (Å²) in [6.45, 7) is 1.47. The Kier molecular flexibility index (Phi) is 4.60.